The molecule has 2 fully saturated rings. The van der Waals surface area contributed by atoms with Crippen LogP contribution in [0.2, 0.25) is 0 Å². The van der Waals surface area contributed by atoms with Gasteiger partial charge in [-0.25, -0.2) is 0 Å². The fraction of sp³-hybridized carbons (Fsp3) is 0.632. The Labute approximate surface area is 137 Å². The maximum absolute atomic E-state index is 12.7. The molecule has 0 N–H and O–H groups in total. The van der Waals surface area contributed by atoms with Gasteiger partial charge in [0.2, 0.25) is 5.91 Å². The zero-order chi connectivity index (χ0) is 16.2. The molecule has 1 amide bonds. The van der Waals surface area contributed by atoms with Crippen LogP contribution in [0.4, 0.5) is 0 Å². The maximum Gasteiger partial charge on any atom is 0.223 e. The van der Waals surface area contributed by atoms with Crippen LogP contribution in [0.15, 0.2) is 12.1 Å². The Bertz CT molecular complexity index is 671. The number of hydrogen-bond donors (Lipinski definition) is 0. The third-order valence-corrected chi connectivity index (χ3v) is 6.58. The summed E-state index contributed by atoms with van der Waals surface area (Å²) in [7, 11) is 3.36. The molecule has 1 saturated carbocycles. The lowest BCUT2D eigenvalue weighted by molar-refractivity contribution is -0.154. The molecule has 2 aliphatic heterocycles. The molecule has 1 saturated heterocycles. The van der Waals surface area contributed by atoms with Crippen molar-refractivity contribution in [2.45, 2.75) is 51.0 Å². The van der Waals surface area contributed by atoms with E-state index < -0.39 is 0 Å². The first kappa shape index (κ1) is 14.9. The average Bonchev–Trinajstić information content (AvgIpc) is 2.91. The first-order chi connectivity index (χ1) is 11.1. The van der Waals surface area contributed by atoms with Gasteiger partial charge in [-0.15, -0.1) is 0 Å². The topological polar surface area (TPSA) is 38.8 Å². The minimum Gasteiger partial charge on any atom is -0.493 e. The van der Waals surface area contributed by atoms with Crippen molar-refractivity contribution < 1.29 is 14.3 Å². The normalized spacial score (nSPS) is 32.1. The summed E-state index contributed by atoms with van der Waals surface area (Å²) in [6, 6.07) is 4.26. The van der Waals surface area contributed by atoms with Gasteiger partial charge in [-0.3, -0.25) is 4.79 Å². The molecule has 0 aromatic heterocycles. The quantitative estimate of drug-likeness (QED) is 0.841. The standard InChI is InChI=1S/C19H25NO3/c1-18-7-4-8-19(18)14-12-16(23-3)15(22-2)11-13(14)6-10-20(19)17(21)5-9-18/h11-12H,4-10H2,1-3H3. The molecule has 1 aliphatic carbocycles. The highest BCUT2D eigenvalue weighted by Crippen LogP contribution is 2.63. The van der Waals surface area contributed by atoms with Gasteiger partial charge in [-0.2, -0.15) is 0 Å². The highest BCUT2D eigenvalue weighted by Gasteiger charge is 2.61. The second-order valence-corrected chi connectivity index (χ2v) is 7.43. The second kappa shape index (κ2) is 4.89. The number of methoxy groups -OCH3 is 2. The van der Waals surface area contributed by atoms with Crippen LogP contribution in [-0.4, -0.2) is 31.6 Å². The highest BCUT2D eigenvalue weighted by molar-refractivity contribution is 5.80. The second-order valence-electron chi connectivity index (χ2n) is 7.43. The lowest BCUT2D eigenvalue weighted by atomic mass is 9.61. The number of amides is 1. The molecule has 4 nitrogen and oxygen atoms in total. The van der Waals surface area contributed by atoms with Crippen molar-refractivity contribution in [2.75, 3.05) is 20.8 Å². The van der Waals surface area contributed by atoms with Crippen molar-refractivity contribution in [1.82, 2.24) is 4.90 Å². The van der Waals surface area contributed by atoms with Crippen molar-refractivity contribution in [3.8, 4) is 11.5 Å². The van der Waals surface area contributed by atoms with Gasteiger partial charge < -0.3 is 14.4 Å². The summed E-state index contributed by atoms with van der Waals surface area (Å²) in [5.41, 5.74) is 2.65. The van der Waals surface area contributed by atoms with Crippen LogP contribution >= 0.6 is 0 Å². The van der Waals surface area contributed by atoms with Crippen molar-refractivity contribution in [1.29, 1.82) is 0 Å². The van der Waals surface area contributed by atoms with E-state index in [2.05, 4.69) is 24.0 Å². The first-order valence-electron chi connectivity index (χ1n) is 8.61. The van der Waals surface area contributed by atoms with Gasteiger partial charge in [0.15, 0.2) is 11.5 Å². The van der Waals surface area contributed by atoms with E-state index in [0.717, 1.165) is 37.3 Å². The lowest BCUT2D eigenvalue weighted by Gasteiger charge is -2.57. The number of benzene rings is 1. The predicted molar refractivity (Wildman–Crippen MR) is 87.8 cm³/mol. The Hall–Kier alpha value is -1.71. The van der Waals surface area contributed by atoms with Gasteiger partial charge in [0.25, 0.3) is 0 Å². The molecule has 0 radical (unpaired) electrons. The molecule has 0 bridgehead atoms. The Morgan fingerprint density at radius 2 is 1.78 bits per heavy atom. The molecule has 1 aromatic carbocycles. The maximum atomic E-state index is 12.7. The SMILES string of the molecule is COc1cc2c(cc1OC)C13CCCC1(C)CCC(=O)N3CC2. The molecule has 4 heteroatoms. The van der Waals surface area contributed by atoms with Crippen LogP contribution in [0, 0.1) is 5.41 Å². The molecule has 124 valence electrons. The Morgan fingerprint density at radius 3 is 2.52 bits per heavy atom. The number of piperidine rings is 1. The Balaban J connectivity index is 1.96. The van der Waals surface area contributed by atoms with E-state index >= 15 is 0 Å². The van der Waals surface area contributed by atoms with Gasteiger partial charge >= 0.3 is 0 Å². The molecule has 23 heavy (non-hydrogen) atoms. The number of nitrogens with zero attached hydrogens (tertiary/aromatic N) is 1. The zero-order valence-electron chi connectivity index (χ0n) is 14.3. The van der Waals surface area contributed by atoms with Crippen LogP contribution in [0.3, 0.4) is 0 Å². The summed E-state index contributed by atoms with van der Waals surface area (Å²) in [5, 5.41) is 0. The number of rotatable bonds is 2. The molecule has 1 aromatic rings. The minimum atomic E-state index is -0.143. The van der Waals surface area contributed by atoms with E-state index in [1.807, 2.05) is 0 Å². The van der Waals surface area contributed by atoms with E-state index in [0.29, 0.717) is 12.3 Å². The van der Waals surface area contributed by atoms with Crippen LogP contribution in [-0.2, 0) is 16.8 Å². The molecule has 2 heterocycles. The van der Waals surface area contributed by atoms with Gasteiger partial charge in [0.1, 0.15) is 0 Å². The number of carbonyl (C=O) groups is 1. The summed E-state index contributed by atoms with van der Waals surface area (Å²) in [4.78, 5) is 14.9. The molecule has 2 atom stereocenters. The van der Waals surface area contributed by atoms with Crippen molar-refractivity contribution in [3.05, 3.63) is 23.3 Å². The third-order valence-electron chi connectivity index (χ3n) is 6.58. The fourth-order valence-corrected chi connectivity index (χ4v) is 5.43. The Morgan fingerprint density at radius 1 is 1.04 bits per heavy atom. The lowest BCUT2D eigenvalue weighted by Crippen LogP contribution is -2.62. The number of fused-ring (bicyclic) bond motifs is 1. The van der Waals surface area contributed by atoms with Crippen LogP contribution in [0.1, 0.15) is 50.2 Å². The summed E-state index contributed by atoms with van der Waals surface area (Å²) in [6.07, 6.45) is 6.05. The first-order valence-corrected chi connectivity index (χ1v) is 8.61. The van der Waals surface area contributed by atoms with Crippen LogP contribution in [0.25, 0.3) is 0 Å². The number of hydrogen-bond acceptors (Lipinski definition) is 3. The van der Waals surface area contributed by atoms with Crippen LogP contribution < -0.4 is 9.47 Å². The van der Waals surface area contributed by atoms with Crippen molar-refractivity contribution in [2.24, 2.45) is 5.41 Å². The third kappa shape index (κ3) is 1.75. The highest BCUT2D eigenvalue weighted by atomic mass is 16.5. The van der Waals surface area contributed by atoms with E-state index in [-0.39, 0.29) is 11.0 Å². The molecular formula is C19H25NO3. The van der Waals surface area contributed by atoms with E-state index in [4.69, 9.17) is 9.47 Å². The molecule has 4 rings (SSSR count). The smallest absolute Gasteiger partial charge is 0.223 e. The number of carbonyl (C=O) groups excluding carboxylic acids is 1. The summed E-state index contributed by atoms with van der Waals surface area (Å²) in [5.74, 6) is 1.89. The van der Waals surface area contributed by atoms with Crippen molar-refractivity contribution >= 4 is 5.91 Å². The van der Waals surface area contributed by atoms with Gasteiger partial charge in [-0.05, 0) is 54.4 Å². The van der Waals surface area contributed by atoms with E-state index in [1.165, 1.54) is 24.0 Å². The molecule has 2 unspecified atom stereocenters. The fourth-order valence-electron chi connectivity index (χ4n) is 5.43. The summed E-state index contributed by atoms with van der Waals surface area (Å²) < 4.78 is 11.0. The van der Waals surface area contributed by atoms with Gasteiger partial charge in [0.05, 0.1) is 19.8 Å². The van der Waals surface area contributed by atoms with Crippen molar-refractivity contribution in [3.63, 3.8) is 0 Å². The van der Waals surface area contributed by atoms with Crippen LogP contribution in [0.5, 0.6) is 11.5 Å². The zero-order valence-corrected chi connectivity index (χ0v) is 14.3. The predicted octanol–water partition coefficient (Wildman–Crippen LogP) is 3.27. The summed E-state index contributed by atoms with van der Waals surface area (Å²) >= 11 is 0. The monoisotopic (exact) mass is 315 g/mol. The average molecular weight is 315 g/mol. The molecule has 3 aliphatic rings. The number of ether oxygens (including phenoxy) is 2. The van der Waals surface area contributed by atoms with Gasteiger partial charge in [0, 0.05) is 13.0 Å². The van der Waals surface area contributed by atoms with Gasteiger partial charge in [-0.1, -0.05) is 13.3 Å². The largest absolute Gasteiger partial charge is 0.493 e. The Kier molecular flexibility index (Phi) is 3.16. The molecular weight excluding hydrogens is 290 g/mol. The summed E-state index contributed by atoms with van der Waals surface area (Å²) in [6.45, 7) is 3.21. The minimum absolute atomic E-state index is 0.143. The van der Waals surface area contributed by atoms with E-state index in [1.54, 1.807) is 14.2 Å². The van der Waals surface area contributed by atoms with E-state index in [9.17, 15) is 4.79 Å². The molecule has 1 spiro atoms.